The number of benzene rings is 2. The number of halogens is 3. The number of carbonyl (C=O) groups is 2. The second kappa shape index (κ2) is 9.45. The SMILES string of the molecule is CC(NC(=O)C(NC(=O)c1ccccc1Cl)C(C)C)c1ccc(Cl)c(Cl)c1. The van der Waals surface area contributed by atoms with E-state index in [-0.39, 0.29) is 17.9 Å². The highest BCUT2D eigenvalue weighted by Crippen LogP contribution is 2.25. The van der Waals surface area contributed by atoms with Crippen LogP contribution in [0.3, 0.4) is 0 Å². The quantitative estimate of drug-likeness (QED) is 0.659. The molecule has 0 bridgehead atoms. The van der Waals surface area contributed by atoms with Crippen molar-refractivity contribution in [3.63, 3.8) is 0 Å². The predicted molar refractivity (Wildman–Crippen MR) is 111 cm³/mol. The molecular formula is C20H21Cl3N2O2. The fourth-order valence-corrected chi connectivity index (χ4v) is 3.10. The Morgan fingerprint density at radius 2 is 1.52 bits per heavy atom. The van der Waals surface area contributed by atoms with Gasteiger partial charge in [-0.3, -0.25) is 9.59 Å². The summed E-state index contributed by atoms with van der Waals surface area (Å²) in [5.41, 5.74) is 1.15. The Morgan fingerprint density at radius 3 is 2.11 bits per heavy atom. The fourth-order valence-electron chi connectivity index (χ4n) is 2.57. The Bertz CT molecular complexity index is 840. The minimum atomic E-state index is -0.709. The van der Waals surface area contributed by atoms with Crippen LogP contribution in [0.4, 0.5) is 0 Å². The van der Waals surface area contributed by atoms with Crippen molar-refractivity contribution in [2.75, 3.05) is 0 Å². The first kappa shape index (κ1) is 21.5. The second-order valence-corrected chi connectivity index (χ2v) is 7.80. The van der Waals surface area contributed by atoms with Crippen molar-refractivity contribution < 1.29 is 9.59 Å². The zero-order valence-electron chi connectivity index (χ0n) is 15.2. The average Bonchev–Trinajstić information content (AvgIpc) is 2.61. The summed E-state index contributed by atoms with van der Waals surface area (Å²) in [6.45, 7) is 5.56. The summed E-state index contributed by atoms with van der Waals surface area (Å²) in [6.07, 6.45) is 0. The minimum Gasteiger partial charge on any atom is -0.348 e. The molecular weight excluding hydrogens is 407 g/mol. The Labute approximate surface area is 174 Å². The number of hydrogen-bond donors (Lipinski definition) is 2. The predicted octanol–water partition coefficient (Wildman–Crippen LogP) is 5.28. The molecule has 7 heteroatoms. The lowest BCUT2D eigenvalue weighted by molar-refractivity contribution is -0.124. The minimum absolute atomic E-state index is 0.113. The molecule has 2 atom stereocenters. The van der Waals surface area contributed by atoms with Crippen LogP contribution < -0.4 is 10.6 Å². The van der Waals surface area contributed by atoms with Gasteiger partial charge in [0.25, 0.3) is 5.91 Å². The van der Waals surface area contributed by atoms with Gasteiger partial charge in [0.1, 0.15) is 6.04 Å². The summed E-state index contributed by atoms with van der Waals surface area (Å²) in [5.74, 6) is -0.793. The maximum atomic E-state index is 12.8. The maximum absolute atomic E-state index is 12.8. The van der Waals surface area contributed by atoms with Crippen LogP contribution in [-0.4, -0.2) is 17.9 Å². The molecule has 0 spiro atoms. The largest absolute Gasteiger partial charge is 0.348 e. The zero-order chi connectivity index (χ0) is 20.1. The molecule has 2 aromatic rings. The van der Waals surface area contributed by atoms with Crippen LogP contribution in [0.15, 0.2) is 42.5 Å². The maximum Gasteiger partial charge on any atom is 0.253 e. The third kappa shape index (κ3) is 5.61. The molecule has 2 aromatic carbocycles. The number of hydrogen-bond acceptors (Lipinski definition) is 2. The van der Waals surface area contributed by atoms with Crippen molar-refractivity contribution in [3.8, 4) is 0 Å². The molecule has 2 N–H and O–H groups in total. The van der Waals surface area contributed by atoms with Crippen molar-refractivity contribution in [1.82, 2.24) is 10.6 Å². The molecule has 2 rings (SSSR count). The van der Waals surface area contributed by atoms with Crippen LogP contribution in [0.5, 0.6) is 0 Å². The molecule has 2 amide bonds. The normalized spacial score (nSPS) is 13.1. The van der Waals surface area contributed by atoms with Gasteiger partial charge in [-0.25, -0.2) is 0 Å². The lowest BCUT2D eigenvalue weighted by Gasteiger charge is -2.24. The van der Waals surface area contributed by atoms with Gasteiger partial charge in [-0.15, -0.1) is 0 Å². The van der Waals surface area contributed by atoms with E-state index in [2.05, 4.69) is 10.6 Å². The molecule has 0 radical (unpaired) electrons. The molecule has 0 aliphatic heterocycles. The number of nitrogens with one attached hydrogen (secondary N) is 2. The van der Waals surface area contributed by atoms with E-state index in [1.54, 1.807) is 42.5 Å². The molecule has 4 nitrogen and oxygen atoms in total. The molecule has 144 valence electrons. The highest BCUT2D eigenvalue weighted by molar-refractivity contribution is 6.42. The van der Waals surface area contributed by atoms with E-state index in [1.165, 1.54) is 0 Å². The van der Waals surface area contributed by atoms with Gasteiger partial charge in [-0.05, 0) is 42.7 Å². The molecule has 0 heterocycles. The first-order valence-electron chi connectivity index (χ1n) is 8.51. The van der Waals surface area contributed by atoms with Gasteiger partial charge in [0, 0.05) is 0 Å². The fraction of sp³-hybridized carbons (Fsp3) is 0.300. The van der Waals surface area contributed by atoms with Gasteiger partial charge >= 0.3 is 0 Å². The van der Waals surface area contributed by atoms with Gasteiger partial charge < -0.3 is 10.6 Å². The molecule has 2 unspecified atom stereocenters. The van der Waals surface area contributed by atoms with Gasteiger partial charge in [0.15, 0.2) is 0 Å². The zero-order valence-corrected chi connectivity index (χ0v) is 17.5. The summed E-state index contributed by atoms with van der Waals surface area (Å²) < 4.78 is 0. The van der Waals surface area contributed by atoms with Crippen molar-refractivity contribution >= 4 is 46.6 Å². The summed E-state index contributed by atoms with van der Waals surface area (Å²) in [5, 5.41) is 6.88. The highest BCUT2D eigenvalue weighted by atomic mass is 35.5. The van der Waals surface area contributed by atoms with Gasteiger partial charge in [0.05, 0.1) is 26.7 Å². The highest BCUT2D eigenvalue weighted by Gasteiger charge is 2.26. The van der Waals surface area contributed by atoms with Crippen LogP contribution in [0.25, 0.3) is 0 Å². The van der Waals surface area contributed by atoms with Crippen molar-refractivity contribution in [3.05, 3.63) is 68.7 Å². The smallest absolute Gasteiger partial charge is 0.253 e. The van der Waals surface area contributed by atoms with E-state index in [1.807, 2.05) is 20.8 Å². The van der Waals surface area contributed by atoms with E-state index < -0.39 is 11.9 Å². The Kier molecular flexibility index (Phi) is 7.54. The van der Waals surface area contributed by atoms with Crippen LogP contribution in [0, 0.1) is 5.92 Å². The molecule has 0 saturated heterocycles. The van der Waals surface area contributed by atoms with Crippen molar-refractivity contribution in [2.24, 2.45) is 5.92 Å². The van der Waals surface area contributed by atoms with Crippen molar-refractivity contribution in [2.45, 2.75) is 32.9 Å². The van der Waals surface area contributed by atoms with Crippen LogP contribution in [0.1, 0.15) is 42.7 Å². The molecule has 0 fully saturated rings. The molecule has 0 aromatic heterocycles. The summed E-state index contributed by atoms with van der Waals surface area (Å²) in [6, 6.07) is 10.9. The summed E-state index contributed by atoms with van der Waals surface area (Å²) >= 11 is 18.0. The van der Waals surface area contributed by atoms with Crippen molar-refractivity contribution in [1.29, 1.82) is 0 Å². The number of carbonyl (C=O) groups excluding carboxylic acids is 2. The standard InChI is InChI=1S/C20H21Cl3N2O2/c1-11(2)18(25-19(26)14-6-4-5-7-15(14)21)20(27)24-12(3)13-8-9-16(22)17(23)10-13/h4-12,18H,1-3H3,(H,24,27)(H,25,26). The summed E-state index contributed by atoms with van der Waals surface area (Å²) in [7, 11) is 0. The van der Waals surface area contributed by atoms with Gasteiger partial charge in [-0.1, -0.05) is 66.8 Å². The number of rotatable bonds is 6. The first-order chi connectivity index (χ1) is 12.7. The lowest BCUT2D eigenvalue weighted by Crippen LogP contribution is -2.50. The number of amides is 2. The summed E-state index contributed by atoms with van der Waals surface area (Å²) in [4.78, 5) is 25.3. The Morgan fingerprint density at radius 1 is 0.852 bits per heavy atom. The topological polar surface area (TPSA) is 58.2 Å². The van der Waals surface area contributed by atoms with E-state index in [0.717, 1.165) is 5.56 Å². The third-order valence-corrected chi connectivity index (χ3v) is 5.23. The first-order valence-corrected chi connectivity index (χ1v) is 9.64. The molecule has 0 aliphatic carbocycles. The van der Waals surface area contributed by atoms with Crippen LogP contribution in [0.2, 0.25) is 15.1 Å². The van der Waals surface area contributed by atoms with Gasteiger partial charge in [-0.2, -0.15) is 0 Å². The van der Waals surface area contributed by atoms with E-state index in [4.69, 9.17) is 34.8 Å². The monoisotopic (exact) mass is 426 g/mol. The van der Waals surface area contributed by atoms with Gasteiger partial charge in [0.2, 0.25) is 5.91 Å². The van der Waals surface area contributed by atoms with E-state index in [9.17, 15) is 9.59 Å². The van der Waals surface area contributed by atoms with Crippen LogP contribution >= 0.6 is 34.8 Å². The molecule has 0 saturated carbocycles. The lowest BCUT2D eigenvalue weighted by atomic mass is 10.0. The Balaban J connectivity index is 2.11. The second-order valence-electron chi connectivity index (χ2n) is 6.58. The Hall–Kier alpha value is -1.75. The molecule has 27 heavy (non-hydrogen) atoms. The molecule has 0 aliphatic rings. The van der Waals surface area contributed by atoms with E-state index in [0.29, 0.717) is 20.6 Å². The van der Waals surface area contributed by atoms with Crippen LogP contribution in [-0.2, 0) is 4.79 Å². The third-order valence-electron chi connectivity index (χ3n) is 4.16. The average molecular weight is 428 g/mol. The van der Waals surface area contributed by atoms with E-state index >= 15 is 0 Å².